The SMILES string of the molecule is NC(=O)C1=C(C(N)=O)N(CS(=O)(=O)O)CS1. The Labute approximate surface area is 95.4 Å². The van der Waals surface area contributed by atoms with E-state index in [0.717, 1.165) is 16.7 Å². The van der Waals surface area contributed by atoms with Crippen LogP contribution in [0, 0.1) is 0 Å². The smallest absolute Gasteiger partial charge is 0.283 e. The van der Waals surface area contributed by atoms with E-state index in [2.05, 4.69) is 0 Å². The summed E-state index contributed by atoms with van der Waals surface area (Å²) in [5.74, 6) is -2.63. The predicted molar refractivity (Wildman–Crippen MR) is 56.1 cm³/mol. The molecule has 0 radical (unpaired) electrons. The highest BCUT2D eigenvalue weighted by Gasteiger charge is 2.32. The van der Waals surface area contributed by atoms with Crippen LogP contribution in [-0.2, 0) is 19.7 Å². The fourth-order valence-corrected chi connectivity index (χ4v) is 2.92. The molecular formula is C6H9N3O5S2. The lowest BCUT2D eigenvalue weighted by molar-refractivity contribution is -0.117. The molecule has 0 fully saturated rings. The molecule has 8 nitrogen and oxygen atoms in total. The topological polar surface area (TPSA) is 144 Å². The van der Waals surface area contributed by atoms with Crippen LogP contribution in [0.15, 0.2) is 10.6 Å². The van der Waals surface area contributed by atoms with Crippen molar-refractivity contribution < 1.29 is 22.6 Å². The quantitative estimate of drug-likeness (QED) is 0.500. The Bertz CT molecular complexity index is 469. The van der Waals surface area contributed by atoms with Gasteiger partial charge in [0.1, 0.15) is 16.5 Å². The lowest BCUT2D eigenvalue weighted by Gasteiger charge is -2.16. The van der Waals surface area contributed by atoms with Gasteiger partial charge in [-0.2, -0.15) is 8.42 Å². The molecule has 0 aromatic rings. The zero-order valence-electron chi connectivity index (χ0n) is 7.91. The van der Waals surface area contributed by atoms with Crippen molar-refractivity contribution in [3.8, 4) is 0 Å². The largest absolute Gasteiger partial charge is 0.365 e. The van der Waals surface area contributed by atoms with Crippen molar-refractivity contribution in [3.63, 3.8) is 0 Å². The normalized spacial score (nSPS) is 16.7. The Morgan fingerprint density at radius 3 is 2.31 bits per heavy atom. The number of hydrogen-bond donors (Lipinski definition) is 3. The molecule has 0 aromatic carbocycles. The van der Waals surface area contributed by atoms with Gasteiger partial charge in [0.05, 0.1) is 5.88 Å². The van der Waals surface area contributed by atoms with Crippen LogP contribution in [-0.4, -0.2) is 41.4 Å². The summed E-state index contributed by atoms with van der Waals surface area (Å²) in [6.45, 7) is 0. The average Bonchev–Trinajstić information content (AvgIpc) is 2.44. The summed E-state index contributed by atoms with van der Waals surface area (Å²) in [4.78, 5) is 22.8. The molecule has 0 bridgehead atoms. The van der Waals surface area contributed by atoms with Crippen molar-refractivity contribution in [2.24, 2.45) is 11.5 Å². The molecule has 10 heteroatoms. The minimum atomic E-state index is -4.30. The molecule has 1 aliphatic rings. The van der Waals surface area contributed by atoms with Gasteiger partial charge in [0, 0.05) is 0 Å². The predicted octanol–water partition coefficient (Wildman–Crippen LogP) is -1.98. The summed E-state index contributed by atoms with van der Waals surface area (Å²) in [6.07, 6.45) is 0. The zero-order chi connectivity index (χ0) is 12.5. The number of primary amides is 2. The van der Waals surface area contributed by atoms with Gasteiger partial charge in [0.25, 0.3) is 21.9 Å². The first-order valence-electron chi connectivity index (χ1n) is 3.89. The molecule has 0 saturated heterocycles. The number of thioether (sulfide) groups is 1. The second-order valence-corrected chi connectivity index (χ2v) is 5.31. The fraction of sp³-hybridized carbons (Fsp3) is 0.333. The van der Waals surface area contributed by atoms with Crippen molar-refractivity contribution in [2.45, 2.75) is 0 Å². The number of hydrogen-bond acceptors (Lipinski definition) is 6. The summed E-state index contributed by atoms with van der Waals surface area (Å²) >= 11 is 0.890. The molecule has 90 valence electrons. The molecule has 0 saturated carbocycles. The van der Waals surface area contributed by atoms with Crippen LogP contribution in [0.1, 0.15) is 0 Å². The van der Waals surface area contributed by atoms with Crippen LogP contribution in [0.3, 0.4) is 0 Å². The maximum absolute atomic E-state index is 11.0. The molecule has 0 aromatic heterocycles. The summed E-state index contributed by atoms with van der Waals surface area (Å²) < 4.78 is 29.9. The molecule has 0 spiro atoms. The maximum Gasteiger partial charge on any atom is 0.283 e. The van der Waals surface area contributed by atoms with E-state index in [-0.39, 0.29) is 16.5 Å². The second kappa shape index (κ2) is 4.31. The number of carbonyl (C=O) groups excluding carboxylic acids is 2. The van der Waals surface area contributed by atoms with Gasteiger partial charge in [0.15, 0.2) is 0 Å². The summed E-state index contributed by atoms with van der Waals surface area (Å²) in [6, 6.07) is 0. The molecule has 1 aliphatic heterocycles. The minimum absolute atomic E-state index is 0.0103. The molecule has 1 rings (SSSR count). The van der Waals surface area contributed by atoms with Crippen LogP contribution < -0.4 is 11.5 Å². The molecule has 1 heterocycles. The Morgan fingerprint density at radius 1 is 1.38 bits per heavy atom. The van der Waals surface area contributed by atoms with E-state index >= 15 is 0 Å². The summed E-state index contributed by atoms with van der Waals surface area (Å²) in [5, 5.41) is 0. The van der Waals surface area contributed by atoms with Crippen molar-refractivity contribution in [1.29, 1.82) is 0 Å². The Morgan fingerprint density at radius 2 is 1.94 bits per heavy atom. The maximum atomic E-state index is 11.0. The molecule has 5 N–H and O–H groups in total. The van der Waals surface area contributed by atoms with E-state index in [1.54, 1.807) is 0 Å². The first kappa shape index (κ1) is 12.8. The first-order valence-corrected chi connectivity index (χ1v) is 6.48. The third kappa shape index (κ3) is 2.87. The molecular weight excluding hydrogens is 258 g/mol. The molecule has 0 atom stereocenters. The number of amides is 2. The molecule has 2 amide bonds. The lowest BCUT2D eigenvalue weighted by Crippen LogP contribution is -2.33. The van der Waals surface area contributed by atoms with E-state index in [0.29, 0.717) is 0 Å². The minimum Gasteiger partial charge on any atom is -0.365 e. The Hall–Kier alpha value is -1.26. The third-order valence-electron chi connectivity index (χ3n) is 1.67. The van der Waals surface area contributed by atoms with Crippen LogP contribution >= 0.6 is 11.8 Å². The van der Waals surface area contributed by atoms with E-state index in [1.807, 2.05) is 0 Å². The van der Waals surface area contributed by atoms with Gasteiger partial charge < -0.3 is 16.4 Å². The Balaban J connectivity index is 3.08. The second-order valence-electron chi connectivity index (χ2n) is 2.93. The molecule has 0 unspecified atom stereocenters. The van der Waals surface area contributed by atoms with E-state index in [9.17, 15) is 18.0 Å². The zero-order valence-corrected chi connectivity index (χ0v) is 9.55. The standard InChI is InChI=1S/C6H9N3O5S2/c7-5(10)3-4(6(8)11)15-1-9(3)2-16(12,13)14/h1-2H2,(H2,7,10)(H2,8,11)(H,12,13,14). The van der Waals surface area contributed by atoms with Gasteiger partial charge in [-0.3, -0.25) is 14.1 Å². The highest BCUT2D eigenvalue weighted by Crippen LogP contribution is 2.31. The van der Waals surface area contributed by atoms with Crippen LogP contribution in [0.4, 0.5) is 0 Å². The van der Waals surface area contributed by atoms with Crippen molar-refractivity contribution >= 4 is 33.7 Å². The van der Waals surface area contributed by atoms with Crippen molar-refractivity contribution in [2.75, 3.05) is 11.8 Å². The highest BCUT2D eigenvalue weighted by atomic mass is 32.2. The van der Waals surface area contributed by atoms with E-state index in [1.165, 1.54) is 0 Å². The van der Waals surface area contributed by atoms with Gasteiger partial charge in [0.2, 0.25) is 0 Å². The van der Waals surface area contributed by atoms with Gasteiger partial charge in [-0.1, -0.05) is 11.8 Å². The average molecular weight is 267 g/mol. The summed E-state index contributed by atoms with van der Waals surface area (Å²) in [5.41, 5.74) is 9.70. The number of nitrogens with zero attached hydrogens (tertiary/aromatic N) is 1. The van der Waals surface area contributed by atoms with Gasteiger partial charge in [-0.15, -0.1) is 0 Å². The number of carbonyl (C=O) groups is 2. The van der Waals surface area contributed by atoms with Crippen LogP contribution in [0.2, 0.25) is 0 Å². The Kier molecular flexibility index (Phi) is 3.45. The van der Waals surface area contributed by atoms with Crippen LogP contribution in [0.25, 0.3) is 0 Å². The summed E-state index contributed by atoms with van der Waals surface area (Å²) in [7, 11) is -4.30. The molecule has 16 heavy (non-hydrogen) atoms. The highest BCUT2D eigenvalue weighted by molar-refractivity contribution is 8.04. The van der Waals surface area contributed by atoms with Crippen LogP contribution in [0.5, 0.6) is 0 Å². The van der Waals surface area contributed by atoms with Crippen molar-refractivity contribution in [1.82, 2.24) is 4.90 Å². The molecule has 0 aliphatic carbocycles. The van der Waals surface area contributed by atoms with E-state index < -0.39 is 27.8 Å². The third-order valence-corrected chi connectivity index (χ3v) is 3.43. The monoisotopic (exact) mass is 267 g/mol. The lowest BCUT2D eigenvalue weighted by atomic mass is 10.3. The first-order chi connectivity index (χ1) is 7.22. The number of rotatable bonds is 4. The van der Waals surface area contributed by atoms with Gasteiger partial charge in [-0.05, 0) is 0 Å². The van der Waals surface area contributed by atoms with Gasteiger partial charge >= 0.3 is 0 Å². The fourth-order valence-electron chi connectivity index (χ4n) is 1.17. The number of nitrogens with two attached hydrogens (primary N) is 2. The van der Waals surface area contributed by atoms with Gasteiger partial charge in [-0.25, -0.2) is 0 Å². The van der Waals surface area contributed by atoms with Crippen molar-refractivity contribution in [3.05, 3.63) is 10.6 Å². The van der Waals surface area contributed by atoms with E-state index in [4.69, 9.17) is 16.0 Å².